The van der Waals surface area contributed by atoms with Gasteiger partial charge in [0.05, 0.1) is 6.61 Å². The zero-order valence-electron chi connectivity index (χ0n) is 11.8. The molecule has 0 rings (SSSR count). The Morgan fingerprint density at radius 3 is 2.31 bits per heavy atom. The Balaban J connectivity index is 4.15. The maximum absolute atomic E-state index is 5.18. The summed E-state index contributed by atoms with van der Waals surface area (Å²) in [6.07, 6.45) is 2.39. The van der Waals surface area contributed by atoms with Crippen LogP contribution in [0.15, 0.2) is 0 Å². The van der Waals surface area contributed by atoms with Gasteiger partial charge >= 0.3 is 0 Å². The molecular formula is C13H30N2O. The second-order valence-corrected chi connectivity index (χ2v) is 4.41. The lowest BCUT2D eigenvalue weighted by atomic mass is 10.1. The van der Waals surface area contributed by atoms with E-state index in [1.807, 2.05) is 0 Å². The van der Waals surface area contributed by atoms with Crippen molar-refractivity contribution < 1.29 is 4.74 Å². The van der Waals surface area contributed by atoms with E-state index in [-0.39, 0.29) is 0 Å². The largest absolute Gasteiger partial charge is 0.383 e. The molecule has 0 saturated carbocycles. The highest BCUT2D eigenvalue weighted by Crippen LogP contribution is 2.06. The molecule has 0 spiro atoms. The average molecular weight is 230 g/mol. The summed E-state index contributed by atoms with van der Waals surface area (Å²) in [5, 5.41) is 3.54. The second kappa shape index (κ2) is 10.1. The number of nitrogens with one attached hydrogen (secondary N) is 1. The summed E-state index contributed by atoms with van der Waals surface area (Å²) in [5.41, 5.74) is 0. The summed E-state index contributed by atoms with van der Waals surface area (Å²) in [6.45, 7) is 13.0. The normalized spacial score (nSPS) is 15.4. The molecule has 0 aliphatic rings. The zero-order chi connectivity index (χ0) is 12.4. The number of hydrogen-bond donors (Lipinski definition) is 1. The standard InChI is InChI=1S/C13H30N2O/c1-6-12(4)15(9-10-16-5)11-13(7-2)14-8-3/h12-14H,6-11H2,1-5H3. The van der Waals surface area contributed by atoms with Crippen molar-refractivity contribution in [1.29, 1.82) is 0 Å². The van der Waals surface area contributed by atoms with Crippen molar-refractivity contribution in [3.8, 4) is 0 Å². The maximum atomic E-state index is 5.18. The molecule has 0 aliphatic heterocycles. The van der Waals surface area contributed by atoms with Crippen molar-refractivity contribution >= 4 is 0 Å². The monoisotopic (exact) mass is 230 g/mol. The molecule has 3 heteroatoms. The van der Waals surface area contributed by atoms with E-state index in [2.05, 4.69) is 37.9 Å². The number of ether oxygens (including phenoxy) is 1. The fraction of sp³-hybridized carbons (Fsp3) is 1.00. The summed E-state index contributed by atoms with van der Waals surface area (Å²) in [6, 6.07) is 1.25. The molecule has 0 radical (unpaired) electrons. The van der Waals surface area contributed by atoms with Crippen LogP contribution in [0.2, 0.25) is 0 Å². The lowest BCUT2D eigenvalue weighted by Gasteiger charge is -2.31. The minimum Gasteiger partial charge on any atom is -0.383 e. The Kier molecular flexibility index (Phi) is 9.99. The van der Waals surface area contributed by atoms with Crippen LogP contribution >= 0.6 is 0 Å². The Bertz CT molecular complexity index is 153. The summed E-state index contributed by atoms with van der Waals surface area (Å²) in [4.78, 5) is 2.53. The van der Waals surface area contributed by atoms with E-state index in [0.717, 1.165) is 26.2 Å². The molecule has 2 atom stereocenters. The zero-order valence-corrected chi connectivity index (χ0v) is 11.8. The molecule has 1 N–H and O–H groups in total. The summed E-state index contributed by atoms with van der Waals surface area (Å²) in [5.74, 6) is 0. The number of likely N-dealkylation sites (N-methyl/N-ethyl adjacent to an activating group) is 1. The number of methoxy groups -OCH3 is 1. The minimum absolute atomic E-state index is 0.607. The first-order chi connectivity index (χ1) is 7.69. The fourth-order valence-electron chi connectivity index (χ4n) is 1.87. The molecule has 0 saturated heterocycles. The van der Waals surface area contributed by atoms with Crippen LogP contribution in [0.1, 0.15) is 40.5 Å². The molecule has 0 bridgehead atoms. The smallest absolute Gasteiger partial charge is 0.0589 e. The molecule has 0 aromatic rings. The van der Waals surface area contributed by atoms with E-state index in [9.17, 15) is 0 Å². The van der Waals surface area contributed by atoms with Gasteiger partial charge in [-0.3, -0.25) is 4.90 Å². The van der Waals surface area contributed by atoms with Gasteiger partial charge in [0.15, 0.2) is 0 Å². The Morgan fingerprint density at radius 1 is 1.19 bits per heavy atom. The van der Waals surface area contributed by atoms with Gasteiger partial charge in [0.25, 0.3) is 0 Å². The van der Waals surface area contributed by atoms with Crippen LogP contribution in [-0.4, -0.2) is 50.3 Å². The topological polar surface area (TPSA) is 24.5 Å². The first kappa shape index (κ1) is 15.9. The van der Waals surface area contributed by atoms with Crippen molar-refractivity contribution in [3.63, 3.8) is 0 Å². The van der Waals surface area contributed by atoms with E-state index >= 15 is 0 Å². The van der Waals surface area contributed by atoms with Crippen molar-refractivity contribution in [1.82, 2.24) is 10.2 Å². The Hall–Kier alpha value is -0.120. The van der Waals surface area contributed by atoms with E-state index in [0.29, 0.717) is 12.1 Å². The van der Waals surface area contributed by atoms with Crippen LogP contribution in [0.25, 0.3) is 0 Å². The van der Waals surface area contributed by atoms with Gasteiger partial charge in [-0.15, -0.1) is 0 Å². The van der Waals surface area contributed by atoms with Gasteiger partial charge < -0.3 is 10.1 Å². The average Bonchev–Trinajstić information content (AvgIpc) is 2.32. The molecule has 0 aromatic carbocycles. The van der Waals surface area contributed by atoms with Gasteiger partial charge in [-0.05, 0) is 26.3 Å². The molecule has 16 heavy (non-hydrogen) atoms. The third-order valence-corrected chi connectivity index (χ3v) is 3.24. The highest BCUT2D eigenvalue weighted by atomic mass is 16.5. The van der Waals surface area contributed by atoms with Gasteiger partial charge in [0.1, 0.15) is 0 Å². The van der Waals surface area contributed by atoms with Crippen LogP contribution in [0.4, 0.5) is 0 Å². The molecule has 0 heterocycles. The van der Waals surface area contributed by atoms with Crippen molar-refractivity contribution in [2.45, 2.75) is 52.6 Å². The van der Waals surface area contributed by atoms with Crippen LogP contribution in [0.3, 0.4) is 0 Å². The highest BCUT2D eigenvalue weighted by Gasteiger charge is 2.15. The number of rotatable bonds is 10. The molecule has 98 valence electrons. The third kappa shape index (κ3) is 6.46. The second-order valence-electron chi connectivity index (χ2n) is 4.41. The fourth-order valence-corrected chi connectivity index (χ4v) is 1.87. The van der Waals surface area contributed by atoms with E-state index < -0.39 is 0 Å². The number of nitrogens with zero attached hydrogens (tertiary/aromatic N) is 1. The Labute approximate surface area is 102 Å². The van der Waals surface area contributed by atoms with Crippen LogP contribution in [-0.2, 0) is 4.74 Å². The highest BCUT2D eigenvalue weighted by molar-refractivity contribution is 4.74. The van der Waals surface area contributed by atoms with E-state index in [1.165, 1.54) is 12.8 Å². The molecular weight excluding hydrogens is 200 g/mol. The minimum atomic E-state index is 0.607. The van der Waals surface area contributed by atoms with Gasteiger partial charge in [-0.1, -0.05) is 20.8 Å². The maximum Gasteiger partial charge on any atom is 0.0589 e. The van der Waals surface area contributed by atoms with Gasteiger partial charge in [-0.25, -0.2) is 0 Å². The lowest BCUT2D eigenvalue weighted by molar-refractivity contribution is 0.114. The quantitative estimate of drug-likeness (QED) is 0.622. The molecule has 0 aromatic heterocycles. The molecule has 0 aliphatic carbocycles. The molecule has 0 fully saturated rings. The first-order valence-corrected chi connectivity index (χ1v) is 6.65. The van der Waals surface area contributed by atoms with Crippen LogP contribution in [0.5, 0.6) is 0 Å². The predicted octanol–water partition coefficient (Wildman–Crippen LogP) is 2.12. The van der Waals surface area contributed by atoms with Gasteiger partial charge in [0.2, 0.25) is 0 Å². The molecule has 2 unspecified atom stereocenters. The predicted molar refractivity (Wildman–Crippen MR) is 71.0 cm³/mol. The first-order valence-electron chi connectivity index (χ1n) is 6.65. The summed E-state index contributed by atoms with van der Waals surface area (Å²) < 4.78 is 5.18. The summed E-state index contributed by atoms with van der Waals surface area (Å²) >= 11 is 0. The van der Waals surface area contributed by atoms with Gasteiger partial charge in [0, 0.05) is 32.3 Å². The van der Waals surface area contributed by atoms with Crippen molar-refractivity contribution in [2.24, 2.45) is 0 Å². The van der Waals surface area contributed by atoms with Crippen LogP contribution < -0.4 is 5.32 Å². The van der Waals surface area contributed by atoms with E-state index in [1.54, 1.807) is 7.11 Å². The Morgan fingerprint density at radius 2 is 1.88 bits per heavy atom. The third-order valence-electron chi connectivity index (χ3n) is 3.24. The lowest BCUT2D eigenvalue weighted by Crippen LogP contribution is -2.45. The SMILES string of the molecule is CCNC(CC)CN(CCOC)C(C)CC. The van der Waals surface area contributed by atoms with Gasteiger partial charge in [-0.2, -0.15) is 0 Å². The summed E-state index contributed by atoms with van der Waals surface area (Å²) in [7, 11) is 1.77. The number of hydrogen-bond acceptors (Lipinski definition) is 3. The van der Waals surface area contributed by atoms with Crippen molar-refractivity contribution in [3.05, 3.63) is 0 Å². The molecule has 3 nitrogen and oxygen atoms in total. The molecule has 0 amide bonds. The van der Waals surface area contributed by atoms with E-state index in [4.69, 9.17) is 4.74 Å². The van der Waals surface area contributed by atoms with Crippen LogP contribution in [0, 0.1) is 0 Å². The van der Waals surface area contributed by atoms with Crippen molar-refractivity contribution in [2.75, 3.05) is 33.4 Å².